The van der Waals surface area contributed by atoms with Gasteiger partial charge in [0.2, 0.25) is 10.0 Å². The number of hydrogen-bond donors (Lipinski definition) is 2. The first-order valence-electron chi connectivity index (χ1n) is 5.80. The minimum Gasteiger partial charge on any atom is -0.387 e. The molecule has 0 aliphatic rings. The molecule has 1 rings (SSSR count). The van der Waals surface area contributed by atoms with Gasteiger partial charge in [-0.1, -0.05) is 25.5 Å². The van der Waals surface area contributed by atoms with Crippen LogP contribution in [0.4, 0.5) is 5.69 Å². The Hall–Kier alpha value is -1.07. The summed E-state index contributed by atoms with van der Waals surface area (Å²) in [4.78, 5) is 0.297. The van der Waals surface area contributed by atoms with Crippen molar-refractivity contribution < 1.29 is 8.42 Å². The van der Waals surface area contributed by atoms with Gasteiger partial charge in [-0.3, -0.25) is 0 Å². The van der Waals surface area contributed by atoms with Crippen LogP contribution in [0.1, 0.15) is 26.7 Å². The normalized spacial score (nSPS) is 13.4. The minimum absolute atomic E-state index is 0.0464. The van der Waals surface area contributed by atoms with Gasteiger partial charge in [-0.25, -0.2) is 13.1 Å². The number of benzene rings is 1. The fourth-order valence-electron chi connectivity index (χ4n) is 1.73. The second kappa shape index (κ2) is 6.02. The predicted octanol–water partition coefficient (Wildman–Crippen LogP) is 2.20. The van der Waals surface area contributed by atoms with Crippen LogP contribution in [0.5, 0.6) is 0 Å². The van der Waals surface area contributed by atoms with E-state index in [0.717, 1.165) is 12.8 Å². The molecule has 2 N–H and O–H groups in total. The summed E-state index contributed by atoms with van der Waals surface area (Å²) in [5.74, 6) is 0. The standard InChI is InChI=1S/C12H20N2O2S/c1-4-7-10(2)14-17(15,16)12-9-6-5-8-11(12)13-3/h5-6,8-10,13-14H,4,7H2,1-3H3. The molecule has 0 bridgehead atoms. The van der Waals surface area contributed by atoms with Gasteiger partial charge < -0.3 is 5.32 Å². The molecular weight excluding hydrogens is 236 g/mol. The smallest absolute Gasteiger partial charge is 0.242 e. The predicted molar refractivity (Wildman–Crippen MR) is 70.7 cm³/mol. The van der Waals surface area contributed by atoms with Gasteiger partial charge in [0, 0.05) is 13.1 Å². The molecule has 96 valence electrons. The zero-order chi connectivity index (χ0) is 12.9. The lowest BCUT2D eigenvalue weighted by molar-refractivity contribution is 0.544. The molecule has 0 saturated heterocycles. The maximum absolute atomic E-state index is 12.1. The van der Waals surface area contributed by atoms with Gasteiger partial charge in [0.25, 0.3) is 0 Å². The SMILES string of the molecule is CCCC(C)NS(=O)(=O)c1ccccc1NC. The molecule has 1 aromatic rings. The molecule has 0 radical (unpaired) electrons. The number of rotatable bonds is 6. The molecule has 1 unspecified atom stereocenters. The molecule has 0 aromatic heterocycles. The monoisotopic (exact) mass is 256 g/mol. The number of hydrogen-bond acceptors (Lipinski definition) is 3. The summed E-state index contributed by atoms with van der Waals surface area (Å²) in [5.41, 5.74) is 0.615. The van der Waals surface area contributed by atoms with Gasteiger partial charge in [-0.05, 0) is 25.5 Å². The molecule has 0 amide bonds. The van der Waals surface area contributed by atoms with Crippen molar-refractivity contribution in [2.24, 2.45) is 0 Å². The Morgan fingerprint density at radius 1 is 1.29 bits per heavy atom. The van der Waals surface area contributed by atoms with Crippen LogP contribution in [0, 0.1) is 0 Å². The van der Waals surface area contributed by atoms with Crippen LogP contribution >= 0.6 is 0 Å². The van der Waals surface area contributed by atoms with E-state index in [1.54, 1.807) is 31.3 Å². The van der Waals surface area contributed by atoms with Crippen LogP contribution in [0.3, 0.4) is 0 Å². The van der Waals surface area contributed by atoms with E-state index in [4.69, 9.17) is 0 Å². The highest BCUT2D eigenvalue weighted by Gasteiger charge is 2.19. The van der Waals surface area contributed by atoms with Crippen LogP contribution in [-0.4, -0.2) is 21.5 Å². The van der Waals surface area contributed by atoms with Crippen molar-refractivity contribution in [2.45, 2.75) is 37.6 Å². The van der Waals surface area contributed by atoms with Crippen molar-refractivity contribution in [1.29, 1.82) is 0 Å². The molecule has 1 atom stereocenters. The van der Waals surface area contributed by atoms with Gasteiger partial charge in [0.1, 0.15) is 4.90 Å². The molecule has 0 spiro atoms. The lowest BCUT2D eigenvalue weighted by Crippen LogP contribution is -2.32. The molecule has 0 aliphatic heterocycles. The van der Waals surface area contributed by atoms with Gasteiger partial charge in [-0.2, -0.15) is 0 Å². The van der Waals surface area contributed by atoms with E-state index in [0.29, 0.717) is 10.6 Å². The molecule has 0 heterocycles. The van der Waals surface area contributed by atoms with Gasteiger partial charge >= 0.3 is 0 Å². The van der Waals surface area contributed by atoms with Crippen molar-refractivity contribution in [2.75, 3.05) is 12.4 Å². The Bertz CT molecular complexity index is 457. The Morgan fingerprint density at radius 2 is 1.94 bits per heavy atom. The third-order valence-corrected chi connectivity index (χ3v) is 4.17. The summed E-state index contributed by atoms with van der Waals surface area (Å²) in [6.07, 6.45) is 1.79. The summed E-state index contributed by atoms with van der Waals surface area (Å²) >= 11 is 0. The Labute approximate surface area is 103 Å². The Kier molecular flexibility index (Phi) is 4.96. The fraction of sp³-hybridized carbons (Fsp3) is 0.500. The van der Waals surface area contributed by atoms with Crippen molar-refractivity contribution in [1.82, 2.24) is 4.72 Å². The molecule has 1 aromatic carbocycles. The molecule has 0 saturated carbocycles. The Morgan fingerprint density at radius 3 is 2.53 bits per heavy atom. The van der Waals surface area contributed by atoms with Crippen LogP contribution in [0.2, 0.25) is 0 Å². The maximum Gasteiger partial charge on any atom is 0.242 e. The molecular formula is C12H20N2O2S. The van der Waals surface area contributed by atoms with Crippen LogP contribution in [-0.2, 0) is 10.0 Å². The largest absolute Gasteiger partial charge is 0.387 e. The summed E-state index contributed by atoms with van der Waals surface area (Å²) in [6.45, 7) is 3.91. The average molecular weight is 256 g/mol. The zero-order valence-electron chi connectivity index (χ0n) is 10.5. The second-order valence-corrected chi connectivity index (χ2v) is 5.74. The fourth-order valence-corrected chi connectivity index (χ4v) is 3.22. The number of sulfonamides is 1. The highest BCUT2D eigenvalue weighted by atomic mass is 32.2. The maximum atomic E-state index is 12.1. The van der Waals surface area contributed by atoms with Crippen LogP contribution in [0.25, 0.3) is 0 Å². The zero-order valence-corrected chi connectivity index (χ0v) is 11.3. The molecule has 0 aliphatic carbocycles. The van der Waals surface area contributed by atoms with Gasteiger partial charge in [0.15, 0.2) is 0 Å². The van der Waals surface area contributed by atoms with Crippen LogP contribution in [0.15, 0.2) is 29.2 Å². The van der Waals surface area contributed by atoms with Crippen LogP contribution < -0.4 is 10.0 Å². The third kappa shape index (κ3) is 3.71. The van der Waals surface area contributed by atoms with E-state index >= 15 is 0 Å². The molecule has 17 heavy (non-hydrogen) atoms. The first-order chi connectivity index (χ1) is 8.01. The average Bonchev–Trinajstić information content (AvgIpc) is 2.28. The first-order valence-corrected chi connectivity index (χ1v) is 7.28. The quantitative estimate of drug-likeness (QED) is 0.820. The molecule has 5 heteroatoms. The summed E-state index contributed by atoms with van der Waals surface area (Å²) in [5, 5.41) is 2.89. The highest BCUT2D eigenvalue weighted by molar-refractivity contribution is 7.89. The highest BCUT2D eigenvalue weighted by Crippen LogP contribution is 2.20. The third-order valence-electron chi connectivity index (χ3n) is 2.52. The second-order valence-electron chi connectivity index (χ2n) is 4.06. The van der Waals surface area contributed by atoms with Crippen molar-refractivity contribution in [3.63, 3.8) is 0 Å². The lowest BCUT2D eigenvalue weighted by atomic mass is 10.2. The molecule has 4 nitrogen and oxygen atoms in total. The number of para-hydroxylation sites is 1. The first kappa shape index (κ1) is 14.0. The van der Waals surface area contributed by atoms with Crippen molar-refractivity contribution in [3.8, 4) is 0 Å². The van der Waals surface area contributed by atoms with Gasteiger partial charge in [-0.15, -0.1) is 0 Å². The summed E-state index contributed by atoms with van der Waals surface area (Å²) in [7, 11) is -1.72. The summed E-state index contributed by atoms with van der Waals surface area (Å²) < 4.78 is 27.0. The van der Waals surface area contributed by atoms with E-state index in [2.05, 4.69) is 10.0 Å². The van der Waals surface area contributed by atoms with Gasteiger partial charge in [0.05, 0.1) is 5.69 Å². The van der Waals surface area contributed by atoms with E-state index < -0.39 is 10.0 Å². The molecule has 0 fully saturated rings. The van der Waals surface area contributed by atoms with E-state index in [1.165, 1.54) is 0 Å². The van der Waals surface area contributed by atoms with E-state index in [-0.39, 0.29) is 6.04 Å². The lowest BCUT2D eigenvalue weighted by Gasteiger charge is -2.15. The topological polar surface area (TPSA) is 58.2 Å². The number of anilines is 1. The van der Waals surface area contributed by atoms with Crippen molar-refractivity contribution >= 4 is 15.7 Å². The Balaban J connectivity index is 2.97. The minimum atomic E-state index is -3.44. The van der Waals surface area contributed by atoms with Crippen molar-refractivity contribution in [3.05, 3.63) is 24.3 Å². The number of nitrogens with one attached hydrogen (secondary N) is 2. The van der Waals surface area contributed by atoms with E-state index in [1.807, 2.05) is 13.8 Å². The summed E-state index contributed by atoms with van der Waals surface area (Å²) in [6, 6.07) is 6.83. The van der Waals surface area contributed by atoms with E-state index in [9.17, 15) is 8.42 Å².